The predicted molar refractivity (Wildman–Crippen MR) is 167 cm³/mol. The maximum absolute atomic E-state index is 14.0. The second-order valence-electron chi connectivity index (χ2n) is 13.3. The molecule has 0 radical (unpaired) electrons. The van der Waals surface area contributed by atoms with Crippen LogP contribution in [0.2, 0.25) is 0 Å². The molecule has 0 spiro atoms. The summed E-state index contributed by atoms with van der Waals surface area (Å²) in [6, 6.07) is 14.2. The Morgan fingerprint density at radius 1 is 1.07 bits per heavy atom. The standard InChI is InChI=1S/C34H46N4O6/c1-34(2,3)19-31(39)36-27-13-12-24-14-17-43-29-11-6-5-10-26(29)33(41)38-16-15-37(21-23-8-7-9-25(18-23)42-4)22-28(38)32(40)35-20-30(27)44-24/h5-11,18,24,27-28,30H,12-17,19-22H2,1-4H3,(H,35,40)(H,36,39)/t24-,27+,28-,30+/m0/s1. The highest BCUT2D eigenvalue weighted by Crippen LogP contribution is 2.27. The highest BCUT2D eigenvalue weighted by molar-refractivity contribution is 6.00. The lowest BCUT2D eigenvalue weighted by Gasteiger charge is -2.42. The predicted octanol–water partition coefficient (Wildman–Crippen LogP) is 3.39. The average molecular weight is 607 g/mol. The molecule has 4 atom stereocenters. The fourth-order valence-electron chi connectivity index (χ4n) is 6.29. The average Bonchev–Trinajstić information content (AvgIpc) is 2.99. The number of hydrogen-bond acceptors (Lipinski definition) is 7. The van der Waals surface area contributed by atoms with Gasteiger partial charge in [0.05, 0.1) is 37.5 Å². The lowest BCUT2D eigenvalue weighted by Crippen LogP contribution is -2.62. The van der Waals surface area contributed by atoms with E-state index in [4.69, 9.17) is 14.2 Å². The summed E-state index contributed by atoms with van der Waals surface area (Å²) in [6.07, 6.45) is 2.09. The van der Waals surface area contributed by atoms with Crippen LogP contribution in [0.3, 0.4) is 0 Å². The molecule has 2 bridgehead atoms. The van der Waals surface area contributed by atoms with E-state index in [1.54, 1.807) is 24.1 Å². The van der Waals surface area contributed by atoms with Crippen molar-refractivity contribution >= 4 is 17.7 Å². The number of rotatable bonds is 5. The fourth-order valence-corrected chi connectivity index (χ4v) is 6.29. The van der Waals surface area contributed by atoms with Crippen LogP contribution in [0.25, 0.3) is 0 Å². The molecule has 2 aromatic carbocycles. The number of fused-ring (bicyclic) bond motifs is 4. The van der Waals surface area contributed by atoms with Gasteiger partial charge in [0.1, 0.15) is 17.5 Å². The topological polar surface area (TPSA) is 109 Å². The van der Waals surface area contributed by atoms with Gasteiger partial charge < -0.3 is 29.7 Å². The van der Waals surface area contributed by atoms with Gasteiger partial charge in [-0.1, -0.05) is 45.0 Å². The molecule has 0 aromatic heterocycles. The molecular formula is C34H46N4O6. The molecule has 0 aliphatic carbocycles. The van der Waals surface area contributed by atoms with Crippen LogP contribution >= 0.6 is 0 Å². The second kappa shape index (κ2) is 14.0. The molecule has 2 aromatic rings. The number of methoxy groups -OCH3 is 1. The first-order valence-electron chi connectivity index (χ1n) is 15.7. The van der Waals surface area contributed by atoms with Crippen LogP contribution < -0.4 is 20.1 Å². The van der Waals surface area contributed by atoms with E-state index in [9.17, 15) is 14.4 Å². The third-order valence-corrected chi connectivity index (χ3v) is 8.51. The largest absolute Gasteiger partial charge is 0.497 e. The molecule has 10 heteroatoms. The number of carbonyl (C=O) groups is 3. The van der Waals surface area contributed by atoms with Gasteiger partial charge in [0, 0.05) is 45.6 Å². The van der Waals surface area contributed by atoms with Crippen molar-refractivity contribution in [3.63, 3.8) is 0 Å². The van der Waals surface area contributed by atoms with Gasteiger partial charge in [-0.15, -0.1) is 0 Å². The highest BCUT2D eigenvalue weighted by Gasteiger charge is 2.39. The first-order chi connectivity index (χ1) is 21.1. The number of hydrogen-bond donors (Lipinski definition) is 2. The smallest absolute Gasteiger partial charge is 0.258 e. The molecule has 44 heavy (non-hydrogen) atoms. The van der Waals surface area contributed by atoms with E-state index in [1.807, 2.05) is 57.2 Å². The van der Waals surface area contributed by atoms with Crippen LogP contribution in [0.5, 0.6) is 11.5 Å². The summed E-state index contributed by atoms with van der Waals surface area (Å²) in [5, 5.41) is 6.27. The summed E-state index contributed by atoms with van der Waals surface area (Å²) < 4.78 is 18.0. The number of piperazine rings is 1. The minimum atomic E-state index is -0.717. The van der Waals surface area contributed by atoms with Crippen LogP contribution in [-0.4, -0.2) is 91.7 Å². The summed E-state index contributed by atoms with van der Waals surface area (Å²) in [5.74, 6) is 0.801. The first kappa shape index (κ1) is 31.8. The van der Waals surface area contributed by atoms with Crippen molar-refractivity contribution < 1.29 is 28.6 Å². The number of amides is 3. The van der Waals surface area contributed by atoms with E-state index in [2.05, 4.69) is 15.5 Å². The molecule has 0 saturated carbocycles. The van der Waals surface area contributed by atoms with Crippen LogP contribution in [0.15, 0.2) is 48.5 Å². The van der Waals surface area contributed by atoms with E-state index in [0.29, 0.717) is 56.9 Å². The summed E-state index contributed by atoms with van der Waals surface area (Å²) in [7, 11) is 1.64. The Kier molecular flexibility index (Phi) is 10.1. The summed E-state index contributed by atoms with van der Waals surface area (Å²) in [4.78, 5) is 44.6. The molecule has 3 heterocycles. The second-order valence-corrected chi connectivity index (χ2v) is 13.3. The molecule has 5 rings (SSSR count). The third kappa shape index (κ3) is 8.09. The van der Waals surface area contributed by atoms with E-state index in [-0.39, 0.29) is 41.8 Å². The van der Waals surface area contributed by atoms with Gasteiger partial charge in [0.25, 0.3) is 5.91 Å². The lowest BCUT2D eigenvalue weighted by molar-refractivity contribution is -0.131. The van der Waals surface area contributed by atoms with Gasteiger partial charge in [-0.25, -0.2) is 0 Å². The minimum absolute atomic E-state index is 0.0209. The van der Waals surface area contributed by atoms with E-state index < -0.39 is 12.1 Å². The van der Waals surface area contributed by atoms with Crippen LogP contribution in [-0.2, 0) is 20.9 Å². The third-order valence-electron chi connectivity index (χ3n) is 8.51. The Morgan fingerprint density at radius 3 is 2.68 bits per heavy atom. The Bertz CT molecular complexity index is 1330. The SMILES string of the molecule is COc1cccc(CN2CCN3C(=O)c4ccccc4OCC[C@@H]4CC[C@@H](NC(=O)CC(C)(C)C)[C@@H](CNC(=O)[C@@H]3C2)O4)c1. The normalized spacial score (nSPS) is 25.0. The molecule has 3 amide bonds. The summed E-state index contributed by atoms with van der Waals surface area (Å²) in [6.45, 7) is 8.75. The minimum Gasteiger partial charge on any atom is -0.497 e. The summed E-state index contributed by atoms with van der Waals surface area (Å²) >= 11 is 0. The van der Waals surface area contributed by atoms with Gasteiger partial charge in [-0.05, 0) is 48.1 Å². The Hall–Kier alpha value is -3.63. The Labute approximate surface area is 260 Å². The quantitative estimate of drug-likeness (QED) is 0.537. The number of para-hydroxylation sites is 1. The molecule has 0 unspecified atom stereocenters. The molecule has 2 N–H and O–H groups in total. The number of carbonyl (C=O) groups excluding carboxylic acids is 3. The van der Waals surface area contributed by atoms with Crippen LogP contribution in [0.4, 0.5) is 0 Å². The zero-order valence-electron chi connectivity index (χ0n) is 26.3. The highest BCUT2D eigenvalue weighted by atomic mass is 16.5. The van der Waals surface area contributed by atoms with Crippen LogP contribution in [0, 0.1) is 5.41 Å². The lowest BCUT2D eigenvalue weighted by atomic mass is 9.91. The maximum Gasteiger partial charge on any atom is 0.258 e. The van der Waals surface area contributed by atoms with Gasteiger partial charge in [0.15, 0.2) is 0 Å². The van der Waals surface area contributed by atoms with Crippen LogP contribution in [0.1, 0.15) is 62.4 Å². The van der Waals surface area contributed by atoms with Gasteiger partial charge in [-0.3, -0.25) is 19.3 Å². The van der Waals surface area contributed by atoms with Crippen molar-refractivity contribution in [3.8, 4) is 11.5 Å². The van der Waals surface area contributed by atoms with E-state index in [1.165, 1.54) is 0 Å². The number of benzene rings is 2. The molecule has 10 nitrogen and oxygen atoms in total. The number of ether oxygens (including phenoxy) is 3. The van der Waals surface area contributed by atoms with Crippen molar-refractivity contribution in [1.82, 2.24) is 20.4 Å². The number of nitrogens with zero attached hydrogens (tertiary/aromatic N) is 2. The van der Waals surface area contributed by atoms with Crippen molar-refractivity contribution in [2.24, 2.45) is 5.41 Å². The Morgan fingerprint density at radius 2 is 1.89 bits per heavy atom. The molecule has 3 aliphatic heterocycles. The van der Waals surface area contributed by atoms with E-state index in [0.717, 1.165) is 24.2 Å². The van der Waals surface area contributed by atoms with E-state index >= 15 is 0 Å². The zero-order chi connectivity index (χ0) is 31.3. The summed E-state index contributed by atoms with van der Waals surface area (Å²) in [5.41, 5.74) is 1.38. The van der Waals surface area contributed by atoms with Crippen molar-refractivity contribution in [2.45, 2.75) is 77.3 Å². The molecule has 2 saturated heterocycles. The first-order valence-corrected chi connectivity index (χ1v) is 15.7. The maximum atomic E-state index is 14.0. The van der Waals surface area contributed by atoms with Crippen molar-refractivity contribution in [1.29, 1.82) is 0 Å². The van der Waals surface area contributed by atoms with Crippen molar-refractivity contribution in [3.05, 3.63) is 59.7 Å². The fraction of sp³-hybridized carbons (Fsp3) is 0.559. The molecule has 2 fully saturated rings. The van der Waals surface area contributed by atoms with Gasteiger partial charge in [0.2, 0.25) is 11.8 Å². The van der Waals surface area contributed by atoms with Crippen molar-refractivity contribution in [2.75, 3.05) is 39.9 Å². The molecule has 238 valence electrons. The molecular weight excluding hydrogens is 560 g/mol. The Balaban J connectivity index is 1.38. The zero-order valence-corrected chi connectivity index (χ0v) is 26.3. The monoisotopic (exact) mass is 606 g/mol. The molecule has 3 aliphatic rings. The van der Waals surface area contributed by atoms with Gasteiger partial charge >= 0.3 is 0 Å². The van der Waals surface area contributed by atoms with Gasteiger partial charge in [-0.2, -0.15) is 0 Å². The number of nitrogens with one attached hydrogen (secondary N) is 2.